The van der Waals surface area contributed by atoms with E-state index in [0.717, 1.165) is 10.9 Å². The van der Waals surface area contributed by atoms with Crippen LogP contribution in [0, 0.1) is 6.92 Å². The summed E-state index contributed by atoms with van der Waals surface area (Å²) in [5, 5.41) is 4.91. The molecule has 0 aliphatic carbocycles. The lowest BCUT2D eigenvalue weighted by Gasteiger charge is -2.17. The van der Waals surface area contributed by atoms with E-state index in [1.165, 1.54) is 6.07 Å². The van der Waals surface area contributed by atoms with Crippen LogP contribution in [0.15, 0.2) is 74.4 Å². The number of fused-ring (bicyclic) bond motifs is 1. The van der Waals surface area contributed by atoms with E-state index in [1.54, 1.807) is 30.0 Å². The number of nitrogens with zero attached hydrogens (tertiary/aromatic N) is 2. The van der Waals surface area contributed by atoms with Crippen LogP contribution in [0.2, 0.25) is 0 Å². The minimum absolute atomic E-state index is 0.0723. The second-order valence-electron chi connectivity index (χ2n) is 7.61. The quantitative estimate of drug-likeness (QED) is 0.499. The molecule has 1 amide bonds. The molecule has 1 fully saturated rings. The highest BCUT2D eigenvalue weighted by atomic mass is 16.5. The summed E-state index contributed by atoms with van der Waals surface area (Å²) in [7, 11) is 0. The third-order valence-corrected chi connectivity index (χ3v) is 5.36. The van der Waals surface area contributed by atoms with E-state index in [2.05, 4.69) is 5.16 Å². The van der Waals surface area contributed by atoms with Gasteiger partial charge in [-0.15, -0.1) is 0 Å². The number of hydrogen-bond donors (Lipinski definition) is 0. The first-order valence-electron chi connectivity index (χ1n) is 10.1. The zero-order valence-corrected chi connectivity index (χ0v) is 16.9. The van der Waals surface area contributed by atoms with Gasteiger partial charge < -0.3 is 18.6 Å². The first-order valence-corrected chi connectivity index (χ1v) is 10.1. The van der Waals surface area contributed by atoms with Gasteiger partial charge in [0.1, 0.15) is 23.1 Å². The van der Waals surface area contributed by atoms with E-state index in [-0.39, 0.29) is 12.0 Å². The van der Waals surface area contributed by atoms with Gasteiger partial charge in [0, 0.05) is 30.2 Å². The number of amides is 1. The van der Waals surface area contributed by atoms with Crippen molar-refractivity contribution < 1.29 is 18.5 Å². The molecule has 2 aromatic carbocycles. The van der Waals surface area contributed by atoms with Crippen molar-refractivity contribution in [2.45, 2.75) is 19.4 Å². The zero-order chi connectivity index (χ0) is 21.4. The molecule has 156 valence electrons. The first kappa shape index (κ1) is 19.1. The van der Waals surface area contributed by atoms with Crippen LogP contribution in [-0.2, 0) is 0 Å². The average Bonchev–Trinajstić information content (AvgIpc) is 3.40. The van der Waals surface area contributed by atoms with E-state index < -0.39 is 5.63 Å². The molecule has 4 aromatic rings. The predicted molar refractivity (Wildman–Crippen MR) is 114 cm³/mol. The number of aryl methyl sites for hydroxylation is 1. The van der Waals surface area contributed by atoms with Gasteiger partial charge in [-0.25, -0.2) is 4.79 Å². The summed E-state index contributed by atoms with van der Waals surface area (Å²) in [6, 6.07) is 18.1. The van der Waals surface area contributed by atoms with Crippen molar-refractivity contribution >= 4 is 16.8 Å². The van der Waals surface area contributed by atoms with Crippen LogP contribution in [0.3, 0.4) is 0 Å². The van der Waals surface area contributed by atoms with Crippen molar-refractivity contribution in [1.29, 1.82) is 0 Å². The third kappa shape index (κ3) is 3.82. The maximum atomic E-state index is 13.1. The van der Waals surface area contributed by atoms with Gasteiger partial charge in [-0.3, -0.25) is 4.79 Å². The average molecular weight is 416 g/mol. The molecule has 7 heteroatoms. The first-order chi connectivity index (χ1) is 15.1. The van der Waals surface area contributed by atoms with Gasteiger partial charge in [-0.05, 0) is 25.1 Å². The topological polar surface area (TPSA) is 85.8 Å². The molecule has 1 saturated heterocycles. The lowest BCUT2D eigenvalue weighted by atomic mass is 10.1. The molecule has 1 atom stereocenters. The van der Waals surface area contributed by atoms with Gasteiger partial charge in [-0.1, -0.05) is 35.5 Å². The van der Waals surface area contributed by atoms with E-state index in [1.807, 2.05) is 36.4 Å². The maximum absolute atomic E-state index is 13.1. The Balaban J connectivity index is 1.35. The van der Waals surface area contributed by atoms with Crippen molar-refractivity contribution in [3.05, 3.63) is 82.4 Å². The molecule has 1 aliphatic rings. The standard InChI is InChI=1S/C24H20N2O5/c1-15-11-19(13-22(27)29-15)30-18-9-10-26(14-18)24(28)17-7-8-21-20(12-17)23(31-25-21)16-5-3-2-4-6-16/h2-8,11-13,18H,9-10,14H2,1H3. The number of likely N-dealkylation sites (tertiary alicyclic amines) is 1. The van der Waals surface area contributed by atoms with Gasteiger partial charge in [0.25, 0.3) is 5.91 Å². The minimum atomic E-state index is -0.447. The Morgan fingerprint density at radius 1 is 1.13 bits per heavy atom. The Hall–Kier alpha value is -3.87. The molecule has 2 aromatic heterocycles. The zero-order valence-electron chi connectivity index (χ0n) is 16.9. The van der Waals surface area contributed by atoms with E-state index in [9.17, 15) is 9.59 Å². The highest BCUT2D eigenvalue weighted by Gasteiger charge is 2.29. The molecule has 0 saturated carbocycles. The molecule has 0 bridgehead atoms. The van der Waals surface area contributed by atoms with Gasteiger partial charge in [-0.2, -0.15) is 0 Å². The number of carbonyl (C=O) groups is 1. The minimum Gasteiger partial charge on any atom is -0.488 e. The summed E-state index contributed by atoms with van der Waals surface area (Å²) in [6.07, 6.45) is 0.514. The molecule has 0 radical (unpaired) electrons. The fourth-order valence-electron chi connectivity index (χ4n) is 3.90. The molecule has 7 nitrogen and oxygen atoms in total. The molecule has 1 aliphatic heterocycles. The number of rotatable bonds is 4. The van der Waals surface area contributed by atoms with E-state index in [0.29, 0.717) is 47.9 Å². The smallest absolute Gasteiger partial charge is 0.339 e. The Labute approximate surface area is 177 Å². The molecule has 31 heavy (non-hydrogen) atoms. The Bertz CT molecular complexity index is 1310. The summed E-state index contributed by atoms with van der Waals surface area (Å²) < 4.78 is 16.4. The Morgan fingerprint density at radius 3 is 2.77 bits per heavy atom. The summed E-state index contributed by atoms with van der Waals surface area (Å²) in [4.78, 5) is 26.4. The maximum Gasteiger partial charge on any atom is 0.339 e. The summed E-state index contributed by atoms with van der Waals surface area (Å²) in [5.74, 6) is 1.53. The fraction of sp³-hybridized carbons (Fsp3) is 0.208. The van der Waals surface area contributed by atoms with Crippen LogP contribution in [0.1, 0.15) is 22.5 Å². The van der Waals surface area contributed by atoms with Crippen molar-refractivity contribution in [3.63, 3.8) is 0 Å². The predicted octanol–water partition coefficient (Wildman–Crippen LogP) is 4.05. The van der Waals surface area contributed by atoms with Crippen LogP contribution < -0.4 is 10.4 Å². The van der Waals surface area contributed by atoms with E-state index >= 15 is 0 Å². The second kappa shape index (κ2) is 7.75. The molecule has 5 rings (SSSR count). The molecular weight excluding hydrogens is 396 g/mol. The number of benzene rings is 2. The van der Waals surface area contributed by atoms with Crippen LogP contribution >= 0.6 is 0 Å². The van der Waals surface area contributed by atoms with Crippen molar-refractivity contribution in [2.75, 3.05) is 13.1 Å². The number of hydrogen-bond acceptors (Lipinski definition) is 6. The van der Waals surface area contributed by atoms with Crippen LogP contribution in [0.4, 0.5) is 0 Å². The number of ether oxygens (including phenoxy) is 1. The monoisotopic (exact) mass is 416 g/mol. The summed E-state index contributed by atoms with van der Waals surface area (Å²) >= 11 is 0. The van der Waals surface area contributed by atoms with Crippen molar-refractivity contribution in [1.82, 2.24) is 10.1 Å². The number of carbonyl (C=O) groups excluding carboxylic acids is 1. The fourth-order valence-corrected chi connectivity index (χ4v) is 3.90. The van der Waals surface area contributed by atoms with Crippen molar-refractivity contribution in [2.24, 2.45) is 0 Å². The van der Waals surface area contributed by atoms with Gasteiger partial charge in [0.15, 0.2) is 5.76 Å². The van der Waals surface area contributed by atoms with E-state index in [4.69, 9.17) is 13.7 Å². The molecule has 0 N–H and O–H groups in total. The highest BCUT2D eigenvalue weighted by Crippen LogP contribution is 2.30. The third-order valence-electron chi connectivity index (χ3n) is 5.36. The molecule has 3 heterocycles. The molecule has 1 unspecified atom stereocenters. The summed E-state index contributed by atoms with van der Waals surface area (Å²) in [5.41, 5.74) is 1.74. The highest BCUT2D eigenvalue weighted by molar-refractivity contribution is 6.01. The SMILES string of the molecule is Cc1cc(OC2CCN(C(=O)c3ccc4noc(-c5ccccc5)c4c3)C2)cc(=O)o1. The normalized spacial score (nSPS) is 16.0. The second-order valence-corrected chi connectivity index (χ2v) is 7.61. The number of aromatic nitrogens is 1. The lowest BCUT2D eigenvalue weighted by Crippen LogP contribution is -2.31. The largest absolute Gasteiger partial charge is 0.488 e. The Morgan fingerprint density at radius 2 is 1.97 bits per heavy atom. The van der Waals surface area contributed by atoms with Crippen LogP contribution in [-0.4, -0.2) is 35.2 Å². The van der Waals surface area contributed by atoms with Crippen LogP contribution in [0.5, 0.6) is 5.75 Å². The van der Waals surface area contributed by atoms with Gasteiger partial charge >= 0.3 is 5.63 Å². The lowest BCUT2D eigenvalue weighted by molar-refractivity contribution is 0.0772. The molecule has 0 spiro atoms. The molecular formula is C24H20N2O5. The Kier molecular flexibility index (Phi) is 4.78. The summed E-state index contributed by atoms with van der Waals surface area (Å²) in [6.45, 7) is 2.73. The van der Waals surface area contributed by atoms with Gasteiger partial charge in [0.2, 0.25) is 0 Å². The van der Waals surface area contributed by atoms with Crippen LogP contribution in [0.25, 0.3) is 22.2 Å². The van der Waals surface area contributed by atoms with Gasteiger partial charge in [0.05, 0.1) is 18.0 Å². The van der Waals surface area contributed by atoms with Crippen molar-refractivity contribution in [3.8, 4) is 17.1 Å².